The maximum Gasteiger partial charge on any atom is 0.249 e. The Hall–Kier alpha value is -1.21. The lowest BCUT2D eigenvalue weighted by atomic mass is 9.99. The summed E-state index contributed by atoms with van der Waals surface area (Å²) in [5.41, 5.74) is 0. The molecule has 4 atom stereocenters. The Bertz CT molecular complexity index is 909. The molecule has 1 amide bonds. The minimum atomic E-state index is -1.25. The first-order valence-electron chi connectivity index (χ1n) is 26.7. The van der Waals surface area contributed by atoms with Gasteiger partial charge in [0, 0.05) is 0 Å². The van der Waals surface area contributed by atoms with E-state index in [1.165, 1.54) is 212 Å². The molecule has 0 radical (unpaired) electrons. The Labute approximate surface area is 374 Å². The molecular weight excluding hydrogens is 743 g/mol. The summed E-state index contributed by atoms with van der Waals surface area (Å²) in [6, 6.07) is -0.981. The summed E-state index contributed by atoms with van der Waals surface area (Å²) in [7, 11) is 0. The number of carbonyl (C=O) groups is 1. The van der Waals surface area contributed by atoms with Crippen molar-refractivity contribution in [3.63, 3.8) is 0 Å². The molecule has 0 heterocycles. The van der Waals surface area contributed by atoms with Crippen LogP contribution in [0.25, 0.3) is 0 Å². The smallest absolute Gasteiger partial charge is 0.249 e. The predicted molar refractivity (Wildman–Crippen MR) is 261 cm³/mol. The summed E-state index contributed by atoms with van der Waals surface area (Å²) in [5, 5.41) is 43.5. The Balaban J connectivity index is 3.49. The summed E-state index contributed by atoms with van der Waals surface area (Å²) in [6.45, 7) is 4.02. The molecule has 60 heavy (non-hydrogen) atoms. The number of nitrogens with one attached hydrogen (secondary N) is 1. The molecule has 0 bridgehead atoms. The van der Waals surface area contributed by atoms with E-state index in [0.29, 0.717) is 12.8 Å². The highest BCUT2D eigenvalue weighted by atomic mass is 16.3. The number of aliphatic hydroxyl groups is 4. The largest absolute Gasteiger partial charge is 0.394 e. The fourth-order valence-electron chi connectivity index (χ4n) is 8.44. The summed E-state index contributed by atoms with van der Waals surface area (Å²) in [6.07, 6.45) is 58.5. The van der Waals surface area contributed by atoms with Crippen LogP contribution in [0.4, 0.5) is 0 Å². The Morgan fingerprint density at radius 2 is 0.717 bits per heavy atom. The number of rotatable bonds is 49. The van der Waals surface area contributed by atoms with Gasteiger partial charge in [-0.25, -0.2) is 0 Å². The third-order valence-electron chi connectivity index (χ3n) is 12.7. The molecule has 0 fully saturated rings. The van der Waals surface area contributed by atoms with E-state index in [-0.39, 0.29) is 0 Å². The van der Waals surface area contributed by atoms with Gasteiger partial charge >= 0.3 is 0 Å². The highest BCUT2D eigenvalue weighted by Gasteiger charge is 2.28. The van der Waals surface area contributed by atoms with Gasteiger partial charge in [-0.05, 0) is 44.9 Å². The molecule has 0 rings (SSSR count). The summed E-state index contributed by atoms with van der Waals surface area (Å²) >= 11 is 0. The van der Waals surface area contributed by atoms with E-state index in [1.54, 1.807) is 0 Å². The van der Waals surface area contributed by atoms with Crippen LogP contribution in [0.3, 0.4) is 0 Å². The summed E-state index contributed by atoms with van der Waals surface area (Å²) < 4.78 is 0. The third kappa shape index (κ3) is 42.1. The fraction of sp³-hybridized carbons (Fsp3) is 0.907. The van der Waals surface area contributed by atoms with Crippen LogP contribution in [0.5, 0.6) is 0 Å². The molecule has 4 unspecified atom stereocenters. The lowest BCUT2D eigenvalue weighted by Gasteiger charge is -2.27. The van der Waals surface area contributed by atoms with Gasteiger partial charge in [-0.15, -0.1) is 0 Å². The molecule has 0 aromatic carbocycles. The van der Waals surface area contributed by atoms with Gasteiger partial charge in [-0.1, -0.05) is 263 Å². The maximum atomic E-state index is 12.5. The number of hydrogen-bond donors (Lipinski definition) is 5. The first-order chi connectivity index (χ1) is 29.5. The van der Waals surface area contributed by atoms with Gasteiger partial charge in [0.25, 0.3) is 0 Å². The van der Waals surface area contributed by atoms with Crippen LogP contribution in [0.15, 0.2) is 24.3 Å². The highest BCUT2D eigenvalue weighted by Crippen LogP contribution is 2.17. The Kier molecular flexibility index (Phi) is 47.8. The van der Waals surface area contributed by atoms with Crippen LogP contribution in [0, 0.1) is 0 Å². The zero-order valence-corrected chi connectivity index (χ0v) is 40.2. The predicted octanol–water partition coefficient (Wildman–Crippen LogP) is 15.1. The molecule has 356 valence electrons. The Morgan fingerprint density at radius 1 is 0.417 bits per heavy atom. The van der Waals surface area contributed by atoms with Gasteiger partial charge in [-0.3, -0.25) is 4.79 Å². The zero-order valence-electron chi connectivity index (χ0n) is 40.2. The summed E-state index contributed by atoms with van der Waals surface area (Å²) in [5.74, 6) is -0.584. The van der Waals surface area contributed by atoms with Gasteiger partial charge in [0.2, 0.25) is 5.91 Å². The normalized spacial score (nSPS) is 14.0. The average molecular weight is 848 g/mol. The van der Waals surface area contributed by atoms with E-state index in [1.807, 2.05) is 0 Å². The Morgan fingerprint density at radius 3 is 1.05 bits per heavy atom. The van der Waals surface area contributed by atoms with Crippen molar-refractivity contribution in [3.8, 4) is 0 Å². The molecule has 0 aliphatic carbocycles. The number of unbranched alkanes of at least 4 members (excludes halogenated alkanes) is 36. The number of amides is 1. The summed E-state index contributed by atoms with van der Waals surface area (Å²) in [4.78, 5) is 12.5. The van der Waals surface area contributed by atoms with Gasteiger partial charge in [-0.2, -0.15) is 0 Å². The zero-order chi connectivity index (χ0) is 43.8. The number of hydrogen-bond acceptors (Lipinski definition) is 5. The molecule has 0 aliphatic rings. The van der Waals surface area contributed by atoms with Gasteiger partial charge in [0.1, 0.15) is 12.2 Å². The van der Waals surface area contributed by atoms with Crippen LogP contribution < -0.4 is 5.32 Å². The standard InChI is InChI=1S/C54H105NO5/c1-3-5-7-9-11-13-14-15-16-17-18-19-20-21-22-23-24-25-26-27-28-29-30-31-32-33-34-35-36-37-38-39-40-42-44-46-48-52(58)54(60)55-50(49-56)53(59)51(57)47-45-43-41-12-10-8-6-4-2/h22-23,25-26,50-53,56-59H,3-21,24,27-49H2,1-2H3,(H,55,60)/b23-22-,26-25-. The SMILES string of the molecule is CCCCCCCCCCCCCCC/C=C\C/C=C\CCCCCCCCCCCCCCCCCCC(O)C(=O)NC(CO)C(O)C(O)CCCCCCCCCC. The molecule has 0 spiro atoms. The molecule has 5 N–H and O–H groups in total. The van der Waals surface area contributed by atoms with Crippen molar-refractivity contribution in [3.05, 3.63) is 24.3 Å². The average Bonchev–Trinajstić information content (AvgIpc) is 3.25. The van der Waals surface area contributed by atoms with E-state index in [0.717, 1.165) is 44.9 Å². The van der Waals surface area contributed by atoms with E-state index in [9.17, 15) is 25.2 Å². The van der Waals surface area contributed by atoms with Gasteiger partial charge in [0.05, 0.1) is 18.8 Å². The van der Waals surface area contributed by atoms with Crippen molar-refractivity contribution < 1.29 is 25.2 Å². The molecule has 6 nitrogen and oxygen atoms in total. The van der Waals surface area contributed by atoms with Gasteiger partial charge < -0.3 is 25.7 Å². The second kappa shape index (κ2) is 48.8. The number of aliphatic hydroxyl groups excluding tert-OH is 4. The minimum absolute atomic E-state index is 0.371. The van der Waals surface area contributed by atoms with Crippen molar-refractivity contribution in [2.45, 2.75) is 308 Å². The highest BCUT2D eigenvalue weighted by molar-refractivity contribution is 5.80. The van der Waals surface area contributed by atoms with Crippen molar-refractivity contribution in [1.82, 2.24) is 5.32 Å². The second-order valence-corrected chi connectivity index (χ2v) is 18.6. The fourth-order valence-corrected chi connectivity index (χ4v) is 8.44. The van der Waals surface area contributed by atoms with Crippen molar-refractivity contribution in [1.29, 1.82) is 0 Å². The molecule has 0 saturated carbocycles. The van der Waals surface area contributed by atoms with E-state index >= 15 is 0 Å². The monoisotopic (exact) mass is 848 g/mol. The molecule has 0 aromatic rings. The van der Waals surface area contributed by atoms with Crippen molar-refractivity contribution in [2.24, 2.45) is 0 Å². The van der Waals surface area contributed by atoms with E-state index < -0.39 is 36.9 Å². The first kappa shape index (κ1) is 58.8. The van der Waals surface area contributed by atoms with Crippen LogP contribution >= 0.6 is 0 Å². The van der Waals surface area contributed by atoms with E-state index in [2.05, 4.69) is 43.5 Å². The molecule has 6 heteroatoms. The second-order valence-electron chi connectivity index (χ2n) is 18.6. The first-order valence-corrected chi connectivity index (χ1v) is 26.7. The number of allylic oxidation sites excluding steroid dienone is 4. The molecule has 0 aromatic heterocycles. The molecule has 0 aliphatic heterocycles. The maximum absolute atomic E-state index is 12.5. The third-order valence-corrected chi connectivity index (χ3v) is 12.7. The van der Waals surface area contributed by atoms with Crippen molar-refractivity contribution in [2.75, 3.05) is 6.61 Å². The quantitative estimate of drug-likeness (QED) is 0.0309. The molecule has 0 saturated heterocycles. The van der Waals surface area contributed by atoms with Crippen LogP contribution in [-0.4, -0.2) is 57.3 Å². The topological polar surface area (TPSA) is 110 Å². The van der Waals surface area contributed by atoms with Gasteiger partial charge in [0.15, 0.2) is 0 Å². The lowest BCUT2D eigenvalue weighted by molar-refractivity contribution is -0.132. The van der Waals surface area contributed by atoms with E-state index in [4.69, 9.17) is 0 Å². The molecular formula is C54H105NO5. The van der Waals surface area contributed by atoms with Crippen LogP contribution in [0.1, 0.15) is 284 Å². The number of carbonyl (C=O) groups excluding carboxylic acids is 1. The lowest BCUT2D eigenvalue weighted by Crippen LogP contribution is -2.53. The van der Waals surface area contributed by atoms with Crippen molar-refractivity contribution >= 4 is 5.91 Å². The van der Waals surface area contributed by atoms with Crippen LogP contribution in [-0.2, 0) is 4.79 Å². The minimum Gasteiger partial charge on any atom is -0.394 e. The van der Waals surface area contributed by atoms with Crippen LogP contribution in [0.2, 0.25) is 0 Å².